The zero-order chi connectivity index (χ0) is 18.6. The number of nitrogens with zero attached hydrogens (tertiary/aromatic N) is 2. The Labute approximate surface area is 162 Å². The molecule has 0 aliphatic carbocycles. The van der Waals surface area contributed by atoms with Gasteiger partial charge in [-0.05, 0) is 50.9 Å². The van der Waals surface area contributed by atoms with Crippen molar-refractivity contribution in [3.05, 3.63) is 50.8 Å². The Morgan fingerprint density at radius 2 is 2.00 bits per heavy atom. The Morgan fingerprint density at radius 3 is 2.56 bits per heavy atom. The zero-order valence-corrected chi connectivity index (χ0v) is 17.4. The van der Waals surface area contributed by atoms with Crippen LogP contribution in [-0.4, -0.2) is 33.3 Å². The molecular weight excluding hydrogens is 478 g/mol. The number of halogens is 2. The fraction of sp³-hybridized carbons (Fsp3) is 0.200. The summed E-state index contributed by atoms with van der Waals surface area (Å²) < 4.78 is 31.7. The summed E-state index contributed by atoms with van der Waals surface area (Å²) in [7, 11) is -3.65. The number of rotatable bonds is 6. The molecule has 0 radical (unpaired) electrons. The van der Waals surface area contributed by atoms with Crippen LogP contribution in [0.4, 0.5) is 5.69 Å². The van der Waals surface area contributed by atoms with Crippen molar-refractivity contribution in [3.63, 3.8) is 0 Å². The van der Waals surface area contributed by atoms with Gasteiger partial charge in [0.25, 0.3) is 5.91 Å². The fourth-order valence-electron chi connectivity index (χ4n) is 1.91. The van der Waals surface area contributed by atoms with E-state index in [0.717, 1.165) is 15.0 Å². The van der Waals surface area contributed by atoms with E-state index >= 15 is 0 Å². The molecular formula is C15H15Br2N3O4S. The van der Waals surface area contributed by atoms with Crippen molar-refractivity contribution in [2.45, 2.75) is 6.92 Å². The molecule has 1 amide bonds. The summed E-state index contributed by atoms with van der Waals surface area (Å²) >= 11 is 6.59. The molecule has 0 bridgehead atoms. The third-order valence-electron chi connectivity index (χ3n) is 3.07. The van der Waals surface area contributed by atoms with Crippen LogP contribution in [0.1, 0.15) is 11.5 Å². The van der Waals surface area contributed by atoms with Crippen molar-refractivity contribution in [1.29, 1.82) is 0 Å². The maximum absolute atomic E-state index is 12.1. The molecule has 0 fully saturated rings. The molecule has 1 aromatic carbocycles. The molecule has 7 nitrogen and oxygen atoms in total. The van der Waals surface area contributed by atoms with Gasteiger partial charge in [0, 0.05) is 10.5 Å². The molecule has 25 heavy (non-hydrogen) atoms. The minimum atomic E-state index is -3.65. The number of amides is 1. The SMILES string of the molecule is Cc1oc(/C=N\NC(=O)CN(c2ccccc2Br)S(C)(=O)=O)cc1Br. The van der Waals surface area contributed by atoms with Crippen LogP contribution in [0.2, 0.25) is 0 Å². The molecule has 0 saturated heterocycles. The highest BCUT2D eigenvalue weighted by atomic mass is 79.9. The lowest BCUT2D eigenvalue weighted by Gasteiger charge is -2.22. The summed E-state index contributed by atoms with van der Waals surface area (Å²) in [6.45, 7) is 1.38. The maximum atomic E-state index is 12.1. The minimum absolute atomic E-state index is 0.370. The number of carbonyl (C=O) groups excluding carboxylic acids is 1. The van der Waals surface area contributed by atoms with Crippen LogP contribution >= 0.6 is 31.9 Å². The quantitative estimate of drug-likeness (QED) is 0.495. The number of sulfonamides is 1. The van der Waals surface area contributed by atoms with Crippen LogP contribution in [-0.2, 0) is 14.8 Å². The first-order valence-corrected chi connectivity index (χ1v) is 10.4. The number of benzene rings is 1. The van der Waals surface area contributed by atoms with Crippen molar-refractivity contribution in [2.75, 3.05) is 17.1 Å². The van der Waals surface area contributed by atoms with Crippen LogP contribution in [0.25, 0.3) is 0 Å². The zero-order valence-electron chi connectivity index (χ0n) is 13.4. The summed E-state index contributed by atoms with van der Waals surface area (Å²) in [6.07, 6.45) is 2.37. The number of hydrogen-bond acceptors (Lipinski definition) is 5. The standard InChI is InChI=1S/C15H15Br2N3O4S/c1-10-13(17)7-11(24-10)8-18-19-15(21)9-20(25(2,22)23)14-6-4-3-5-12(14)16/h3-8H,9H2,1-2H3,(H,19,21)/b18-8-. The van der Waals surface area contributed by atoms with Gasteiger partial charge >= 0.3 is 0 Å². The van der Waals surface area contributed by atoms with Crippen molar-refractivity contribution >= 4 is 59.7 Å². The van der Waals surface area contributed by atoms with Gasteiger partial charge in [-0.25, -0.2) is 13.8 Å². The second kappa shape index (κ2) is 8.15. The van der Waals surface area contributed by atoms with E-state index in [-0.39, 0.29) is 0 Å². The average molecular weight is 493 g/mol. The second-order valence-corrected chi connectivity index (χ2v) is 8.68. The number of aryl methyl sites for hydroxylation is 1. The smallest absolute Gasteiger partial charge is 0.260 e. The summed E-state index contributed by atoms with van der Waals surface area (Å²) in [5.74, 6) is 0.556. The summed E-state index contributed by atoms with van der Waals surface area (Å²) in [4.78, 5) is 12.1. The minimum Gasteiger partial charge on any atom is -0.459 e. The first kappa shape index (κ1) is 19.7. The summed E-state index contributed by atoms with van der Waals surface area (Å²) in [6, 6.07) is 8.44. The summed E-state index contributed by atoms with van der Waals surface area (Å²) in [5.41, 5.74) is 2.66. The molecule has 0 aliphatic heterocycles. The molecule has 0 aliphatic rings. The van der Waals surface area contributed by atoms with Gasteiger partial charge in [0.05, 0.1) is 22.6 Å². The number of carbonyl (C=O) groups is 1. The average Bonchev–Trinajstić information content (AvgIpc) is 2.83. The van der Waals surface area contributed by atoms with E-state index in [1.807, 2.05) is 0 Å². The Hall–Kier alpha value is -1.65. The van der Waals surface area contributed by atoms with Gasteiger partial charge in [-0.1, -0.05) is 12.1 Å². The Morgan fingerprint density at radius 1 is 1.32 bits per heavy atom. The predicted octanol–water partition coefficient (Wildman–Crippen LogP) is 3.03. The van der Waals surface area contributed by atoms with Crippen molar-refractivity contribution in [2.24, 2.45) is 5.10 Å². The number of hydrogen-bond donors (Lipinski definition) is 1. The van der Waals surface area contributed by atoms with E-state index in [1.54, 1.807) is 37.3 Å². The van der Waals surface area contributed by atoms with Gasteiger partial charge in [0.1, 0.15) is 18.1 Å². The third kappa shape index (κ3) is 5.41. The highest BCUT2D eigenvalue weighted by Gasteiger charge is 2.22. The van der Waals surface area contributed by atoms with Crippen LogP contribution in [0.15, 0.2) is 48.8 Å². The molecule has 2 aromatic rings. The first-order valence-electron chi connectivity index (χ1n) is 6.98. The van der Waals surface area contributed by atoms with Gasteiger partial charge in [-0.3, -0.25) is 9.10 Å². The van der Waals surface area contributed by atoms with Crippen molar-refractivity contribution in [1.82, 2.24) is 5.43 Å². The molecule has 1 aromatic heterocycles. The van der Waals surface area contributed by atoms with Gasteiger partial charge in [0.15, 0.2) is 0 Å². The van der Waals surface area contributed by atoms with E-state index in [9.17, 15) is 13.2 Å². The van der Waals surface area contributed by atoms with Crippen LogP contribution < -0.4 is 9.73 Å². The van der Waals surface area contributed by atoms with Crippen LogP contribution in [0.3, 0.4) is 0 Å². The van der Waals surface area contributed by atoms with E-state index in [1.165, 1.54) is 6.21 Å². The molecule has 0 atom stereocenters. The number of anilines is 1. The van der Waals surface area contributed by atoms with Gasteiger partial charge < -0.3 is 4.42 Å². The predicted molar refractivity (Wildman–Crippen MR) is 103 cm³/mol. The molecule has 0 saturated carbocycles. The highest BCUT2D eigenvalue weighted by molar-refractivity contribution is 9.11. The van der Waals surface area contributed by atoms with Crippen LogP contribution in [0, 0.1) is 6.92 Å². The van der Waals surface area contributed by atoms with Crippen LogP contribution in [0.5, 0.6) is 0 Å². The van der Waals surface area contributed by atoms with Gasteiger partial charge in [0.2, 0.25) is 10.0 Å². The number of nitrogens with one attached hydrogen (secondary N) is 1. The number of para-hydroxylation sites is 1. The molecule has 1 heterocycles. The lowest BCUT2D eigenvalue weighted by Crippen LogP contribution is -2.39. The molecule has 10 heteroatoms. The second-order valence-electron chi connectivity index (χ2n) is 5.07. The normalized spacial score (nSPS) is 11.7. The Balaban J connectivity index is 2.09. The molecule has 1 N–H and O–H groups in total. The molecule has 0 unspecified atom stereocenters. The highest BCUT2D eigenvalue weighted by Crippen LogP contribution is 2.27. The van der Waals surface area contributed by atoms with E-state index < -0.39 is 22.5 Å². The Kier molecular flexibility index (Phi) is 6.42. The lowest BCUT2D eigenvalue weighted by atomic mass is 10.3. The third-order valence-corrected chi connectivity index (χ3v) is 5.65. The van der Waals surface area contributed by atoms with E-state index in [0.29, 0.717) is 21.7 Å². The first-order chi connectivity index (χ1) is 11.7. The fourth-order valence-corrected chi connectivity index (χ4v) is 3.70. The molecule has 2 rings (SSSR count). The molecule has 134 valence electrons. The Bertz CT molecular complexity index is 890. The van der Waals surface area contributed by atoms with E-state index in [2.05, 4.69) is 42.4 Å². The monoisotopic (exact) mass is 491 g/mol. The van der Waals surface area contributed by atoms with Gasteiger partial charge in [-0.15, -0.1) is 0 Å². The topological polar surface area (TPSA) is 92.0 Å². The maximum Gasteiger partial charge on any atom is 0.260 e. The molecule has 0 spiro atoms. The number of hydrazone groups is 1. The van der Waals surface area contributed by atoms with E-state index in [4.69, 9.17) is 4.42 Å². The number of furan rings is 1. The lowest BCUT2D eigenvalue weighted by molar-refractivity contribution is -0.119. The van der Waals surface area contributed by atoms with Crippen molar-refractivity contribution < 1.29 is 17.6 Å². The summed E-state index contributed by atoms with van der Waals surface area (Å²) in [5, 5.41) is 3.77. The largest absolute Gasteiger partial charge is 0.459 e. The van der Waals surface area contributed by atoms with Crippen molar-refractivity contribution in [3.8, 4) is 0 Å². The van der Waals surface area contributed by atoms with Gasteiger partial charge in [-0.2, -0.15) is 5.10 Å².